The smallest absolute Gasteiger partial charge is 0.240 e. The van der Waals surface area contributed by atoms with E-state index >= 15 is 0 Å². The molecule has 0 saturated carbocycles. The van der Waals surface area contributed by atoms with Crippen molar-refractivity contribution < 1.29 is 4.79 Å². The molecule has 0 aromatic heterocycles. The number of hydrogen-bond acceptors (Lipinski definition) is 3. The van der Waals surface area contributed by atoms with E-state index in [0.29, 0.717) is 18.1 Å². The van der Waals surface area contributed by atoms with Gasteiger partial charge in [0.05, 0.1) is 5.54 Å². The van der Waals surface area contributed by atoms with Crippen LogP contribution in [-0.2, 0) is 4.79 Å². The van der Waals surface area contributed by atoms with Gasteiger partial charge in [0.15, 0.2) is 0 Å². The van der Waals surface area contributed by atoms with E-state index in [1.165, 1.54) is 25.7 Å². The molecule has 2 N–H and O–H groups in total. The van der Waals surface area contributed by atoms with Gasteiger partial charge in [0.25, 0.3) is 0 Å². The van der Waals surface area contributed by atoms with E-state index in [1.807, 2.05) is 0 Å². The lowest BCUT2D eigenvalue weighted by atomic mass is 9.81. The minimum Gasteiger partial charge on any atom is -0.352 e. The Kier molecular flexibility index (Phi) is 4.04. The Bertz CT molecular complexity index is 351. The lowest BCUT2D eigenvalue weighted by Crippen LogP contribution is -2.61. The summed E-state index contributed by atoms with van der Waals surface area (Å²) in [7, 11) is 2.26. The summed E-state index contributed by atoms with van der Waals surface area (Å²) in [5.41, 5.74) is -0.337. The third-order valence-electron chi connectivity index (χ3n) is 5.79. The number of nitrogens with zero attached hydrogens (tertiary/aromatic N) is 1. The molecule has 3 unspecified atom stereocenters. The molecule has 3 rings (SSSR count). The molecule has 3 fully saturated rings. The number of amides is 1. The van der Waals surface area contributed by atoms with Crippen molar-refractivity contribution in [1.29, 1.82) is 0 Å². The SMILES string of the molecule is CN1C2CCCC1CC(NC(=O)C1(C)CCCCN1)C2. The fraction of sp³-hybridized carbons (Fsp3) is 0.938. The third-order valence-corrected chi connectivity index (χ3v) is 5.79. The minimum absolute atomic E-state index is 0.227. The lowest BCUT2D eigenvalue weighted by molar-refractivity contribution is -0.129. The van der Waals surface area contributed by atoms with Gasteiger partial charge in [-0.25, -0.2) is 0 Å². The van der Waals surface area contributed by atoms with Gasteiger partial charge in [0, 0.05) is 18.1 Å². The maximum atomic E-state index is 12.6. The molecule has 0 radical (unpaired) electrons. The Morgan fingerprint density at radius 3 is 2.50 bits per heavy atom. The highest BCUT2D eigenvalue weighted by atomic mass is 16.2. The van der Waals surface area contributed by atoms with Gasteiger partial charge in [0.1, 0.15) is 0 Å². The molecule has 0 spiro atoms. The largest absolute Gasteiger partial charge is 0.352 e. The Balaban J connectivity index is 1.59. The predicted molar refractivity (Wildman–Crippen MR) is 80.6 cm³/mol. The van der Waals surface area contributed by atoms with Crippen molar-refractivity contribution in [2.45, 2.75) is 82.0 Å². The van der Waals surface area contributed by atoms with Crippen LogP contribution in [0.25, 0.3) is 0 Å². The average molecular weight is 279 g/mol. The van der Waals surface area contributed by atoms with Gasteiger partial charge in [0.2, 0.25) is 5.91 Å². The van der Waals surface area contributed by atoms with Gasteiger partial charge in [-0.2, -0.15) is 0 Å². The fourth-order valence-corrected chi connectivity index (χ4v) is 4.33. The van der Waals surface area contributed by atoms with Crippen LogP contribution in [0.3, 0.4) is 0 Å². The zero-order valence-electron chi connectivity index (χ0n) is 13.0. The fourth-order valence-electron chi connectivity index (χ4n) is 4.33. The van der Waals surface area contributed by atoms with Crippen LogP contribution in [-0.4, -0.2) is 48.1 Å². The number of carbonyl (C=O) groups excluding carboxylic acids is 1. The van der Waals surface area contributed by atoms with Gasteiger partial charge in [-0.15, -0.1) is 0 Å². The van der Waals surface area contributed by atoms with Crippen LogP contribution in [0, 0.1) is 0 Å². The topological polar surface area (TPSA) is 44.4 Å². The average Bonchev–Trinajstić information content (AvgIpc) is 2.41. The first-order valence-electron chi connectivity index (χ1n) is 8.36. The number of hydrogen-bond donors (Lipinski definition) is 2. The quantitative estimate of drug-likeness (QED) is 0.808. The molecule has 3 saturated heterocycles. The van der Waals surface area contributed by atoms with Gasteiger partial charge in [-0.3, -0.25) is 4.79 Å². The van der Waals surface area contributed by atoms with E-state index in [0.717, 1.165) is 32.2 Å². The Morgan fingerprint density at radius 2 is 1.90 bits per heavy atom. The second-order valence-corrected chi connectivity index (χ2v) is 7.26. The van der Waals surface area contributed by atoms with Crippen molar-refractivity contribution in [1.82, 2.24) is 15.5 Å². The van der Waals surface area contributed by atoms with Crippen LogP contribution in [0.5, 0.6) is 0 Å². The maximum absolute atomic E-state index is 12.6. The standard InChI is InChI=1S/C16H29N3O/c1-16(8-3-4-9-17-16)15(20)18-12-10-13-6-5-7-14(11-12)19(13)2/h12-14,17H,3-11H2,1-2H3,(H,18,20). The van der Waals surface area contributed by atoms with Crippen LogP contribution in [0.4, 0.5) is 0 Å². The van der Waals surface area contributed by atoms with Gasteiger partial charge in [-0.05, 0) is 65.5 Å². The third kappa shape index (κ3) is 2.73. The second-order valence-electron chi connectivity index (χ2n) is 7.26. The molecular formula is C16H29N3O. The van der Waals surface area contributed by atoms with E-state index in [4.69, 9.17) is 0 Å². The van der Waals surface area contributed by atoms with E-state index in [2.05, 4.69) is 29.5 Å². The highest BCUT2D eigenvalue weighted by molar-refractivity contribution is 5.86. The van der Waals surface area contributed by atoms with Gasteiger partial charge < -0.3 is 15.5 Å². The molecule has 2 bridgehead atoms. The summed E-state index contributed by atoms with van der Waals surface area (Å²) in [6, 6.07) is 1.74. The summed E-state index contributed by atoms with van der Waals surface area (Å²) in [6.07, 6.45) is 9.56. The molecule has 3 atom stereocenters. The van der Waals surface area contributed by atoms with Crippen molar-refractivity contribution in [3.8, 4) is 0 Å². The molecule has 0 aromatic carbocycles. The lowest BCUT2D eigenvalue weighted by Gasteiger charge is -2.47. The predicted octanol–water partition coefficient (Wildman–Crippen LogP) is 1.65. The van der Waals surface area contributed by atoms with Crippen molar-refractivity contribution in [3.63, 3.8) is 0 Å². The van der Waals surface area contributed by atoms with Crippen LogP contribution in [0.1, 0.15) is 58.3 Å². The first-order chi connectivity index (χ1) is 9.58. The second kappa shape index (κ2) is 5.64. The van der Waals surface area contributed by atoms with E-state index < -0.39 is 0 Å². The van der Waals surface area contributed by atoms with Crippen LogP contribution < -0.4 is 10.6 Å². The molecule has 20 heavy (non-hydrogen) atoms. The van der Waals surface area contributed by atoms with Crippen molar-refractivity contribution in [3.05, 3.63) is 0 Å². The van der Waals surface area contributed by atoms with Crippen molar-refractivity contribution in [2.75, 3.05) is 13.6 Å². The first kappa shape index (κ1) is 14.3. The molecule has 4 nitrogen and oxygen atoms in total. The summed E-state index contributed by atoms with van der Waals surface area (Å²) in [4.78, 5) is 15.2. The number of piperidine rings is 3. The molecule has 0 aliphatic carbocycles. The molecule has 4 heteroatoms. The summed E-state index contributed by atoms with van der Waals surface area (Å²) < 4.78 is 0. The van der Waals surface area contributed by atoms with Gasteiger partial charge >= 0.3 is 0 Å². The zero-order valence-corrected chi connectivity index (χ0v) is 13.0. The number of nitrogens with one attached hydrogen (secondary N) is 2. The Morgan fingerprint density at radius 1 is 1.20 bits per heavy atom. The normalized spacial score (nSPS) is 42.2. The molecule has 0 aromatic rings. The minimum atomic E-state index is -0.337. The number of rotatable bonds is 2. The highest BCUT2D eigenvalue weighted by Crippen LogP contribution is 2.33. The van der Waals surface area contributed by atoms with Crippen LogP contribution in [0.15, 0.2) is 0 Å². The summed E-state index contributed by atoms with van der Waals surface area (Å²) in [5, 5.41) is 6.77. The Hall–Kier alpha value is -0.610. The summed E-state index contributed by atoms with van der Waals surface area (Å²) in [6.45, 7) is 3.04. The van der Waals surface area contributed by atoms with Crippen LogP contribution >= 0.6 is 0 Å². The van der Waals surface area contributed by atoms with E-state index in [-0.39, 0.29) is 11.4 Å². The molecule has 114 valence electrons. The highest BCUT2D eigenvalue weighted by Gasteiger charge is 2.39. The van der Waals surface area contributed by atoms with E-state index in [9.17, 15) is 4.79 Å². The first-order valence-corrected chi connectivity index (χ1v) is 8.36. The molecule has 3 aliphatic rings. The molecule has 3 heterocycles. The Labute approximate surface area is 122 Å². The summed E-state index contributed by atoms with van der Waals surface area (Å²) >= 11 is 0. The summed E-state index contributed by atoms with van der Waals surface area (Å²) in [5.74, 6) is 0.227. The zero-order chi connectivity index (χ0) is 14.2. The molecule has 3 aliphatic heterocycles. The van der Waals surface area contributed by atoms with Crippen molar-refractivity contribution in [2.24, 2.45) is 0 Å². The number of carbonyl (C=O) groups is 1. The molecule has 1 amide bonds. The van der Waals surface area contributed by atoms with Gasteiger partial charge in [-0.1, -0.05) is 6.42 Å². The monoisotopic (exact) mass is 279 g/mol. The molecular weight excluding hydrogens is 250 g/mol. The van der Waals surface area contributed by atoms with Crippen LogP contribution in [0.2, 0.25) is 0 Å². The van der Waals surface area contributed by atoms with E-state index in [1.54, 1.807) is 0 Å². The number of fused-ring (bicyclic) bond motifs is 2. The van der Waals surface area contributed by atoms with Crippen molar-refractivity contribution >= 4 is 5.91 Å². The maximum Gasteiger partial charge on any atom is 0.240 e.